The molecule has 3 rings (SSSR count). The summed E-state index contributed by atoms with van der Waals surface area (Å²) in [5.74, 6) is 0.796. The fourth-order valence-corrected chi connectivity index (χ4v) is 4.32. The summed E-state index contributed by atoms with van der Waals surface area (Å²) in [5, 5.41) is 9.10. The molecule has 0 saturated carbocycles. The van der Waals surface area contributed by atoms with Crippen LogP contribution in [0.5, 0.6) is 5.75 Å². The number of ether oxygens (including phenoxy) is 1. The number of anilines is 2. The van der Waals surface area contributed by atoms with Crippen LogP contribution >= 0.6 is 28.1 Å². The lowest BCUT2D eigenvalue weighted by molar-refractivity contribution is 0.0977. The highest BCUT2D eigenvalue weighted by molar-refractivity contribution is 9.10. The summed E-state index contributed by atoms with van der Waals surface area (Å²) in [6.07, 6.45) is 0.00132. The third-order valence-corrected chi connectivity index (χ3v) is 6.27. The smallest absolute Gasteiger partial charge is 0.263 e. The molecule has 0 fully saturated rings. The van der Waals surface area contributed by atoms with Gasteiger partial charge in [-0.05, 0) is 91.4 Å². The summed E-state index contributed by atoms with van der Waals surface area (Å²) in [6, 6.07) is 12.3. The number of rotatable bonds is 7. The Morgan fingerprint density at radius 2 is 1.85 bits per heavy atom. The van der Waals surface area contributed by atoms with Gasteiger partial charge in [0.05, 0.1) is 15.5 Å². The largest absolute Gasteiger partial charge is 0.490 e. The number of aryl methyl sites for hydroxylation is 1. The maximum Gasteiger partial charge on any atom is 0.263 e. The van der Waals surface area contributed by atoms with Crippen molar-refractivity contribution in [3.8, 4) is 5.75 Å². The van der Waals surface area contributed by atoms with E-state index in [2.05, 4.69) is 36.4 Å². The number of amides is 1. The second-order valence-corrected chi connectivity index (χ2v) is 10.1. The molecule has 12 heteroatoms. The second kappa shape index (κ2) is 10.3. The van der Waals surface area contributed by atoms with E-state index >= 15 is 0 Å². The van der Waals surface area contributed by atoms with Crippen LogP contribution in [0.1, 0.15) is 30.0 Å². The van der Waals surface area contributed by atoms with Gasteiger partial charge in [-0.1, -0.05) is 5.16 Å². The minimum Gasteiger partial charge on any atom is -0.490 e. The Labute approximate surface area is 205 Å². The van der Waals surface area contributed by atoms with Crippen LogP contribution in [0.15, 0.2) is 62.4 Å². The zero-order valence-corrected chi connectivity index (χ0v) is 21.1. The molecule has 0 aliphatic heterocycles. The number of benzene rings is 2. The Bertz CT molecular complexity index is 1270. The molecule has 9 nitrogen and oxygen atoms in total. The predicted octanol–water partition coefficient (Wildman–Crippen LogP) is 4.46. The van der Waals surface area contributed by atoms with E-state index in [0.717, 1.165) is 0 Å². The summed E-state index contributed by atoms with van der Waals surface area (Å²) in [6.45, 7) is 5.47. The van der Waals surface area contributed by atoms with Crippen LogP contribution in [0.4, 0.5) is 11.5 Å². The van der Waals surface area contributed by atoms with Gasteiger partial charge in [0, 0.05) is 17.3 Å². The van der Waals surface area contributed by atoms with Crippen LogP contribution < -0.4 is 20.1 Å². The molecule has 0 unspecified atom stereocenters. The summed E-state index contributed by atoms with van der Waals surface area (Å²) in [7, 11) is -3.83. The first-order chi connectivity index (χ1) is 15.5. The molecule has 0 radical (unpaired) electrons. The van der Waals surface area contributed by atoms with Gasteiger partial charge in [0.2, 0.25) is 0 Å². The van der Waals surface area contributed by atoms with Gasteiger partial charge in [0.1, 0.15) is 11.5 Å². The van der Waals surface area contributed by atoms with Crippen molar-refractivity contribution in [2.45, 2.75) is 31.8 Å². The summed E-state index contributed by atoms with van der Waals surface area (Å²) >= 11 is 8.59. The highest BCUT2D eigenvalue weighted by Gasteiger charge is 2.17. The second-order valence-electron chi connectivity index (χ2n) is 7.17. The predicted molar refractivity (Wildman–Crippen MR) is 132 cm³/mol. The van der Waals surface area contributed by atoms with Gasteiger partial charge < -0.3 is 14.6 Å². The van der Waals surface area contributed by atoms with Crippen LogP contribution in [-0.2, 0) is 10.0 Å². The van der Waals surface area contributed by atoms with Crippen molar-refractivity contribution < 1.29 is 22.5 Å². The molecule has 3 N–H and O–H groups in total. The number of halogens is 1. The van der Waals surface area contributed by atoms with Crippen LogP contribution in [0.2, 0.25) is 0 Å². The maximum absolute atomic E-state index is 12.5. The minimum atomic E-state index is -3.83. The van der Waals surface area contributed by atoms with E-state index in [1.807, 2.05) is 13.8 Å². The molecule has 0 aliphatic carbocycles. The molecule has 0 spiro atoms. The van der Waals surface area contributed by atoms with E-state index in [-0.39, 0.29) is 21.9 Å². The lowest BCUT2D eigenvalue weighted by Crippen LogP contribution is -2.34. The number of carbonyl (C=O) groups is 1. The van der Waals surface area contributed by atoms with Crippen LogP contribution in [0.3, 0.4) is 0 Å². The fourth-order valence-electron chi connectivity index (χ4n) is 2.66. The molecule has 1 aromatic heterocycles. The van der Waals surface area contributed by atoms with E-state index in [9.17, 15) is 13.2 Å². The molecule has 1 amide bonds. The Balaban J connectivity index is 1.60. The van der Waals surface area contributed by atoms with Gasteiger partial charge in [-0.15, -0.1) is 0 Å². The molecular weight excluding hydrogens is 532 g/mol. The monoisotopic (exact) mass is 552 g/mol. The first-order valence-electron chi connectivity index (χ1n) is 9.68. The van der Waals surface area contributed by atoms with Gasteiger partial charge in [0.15, 0.2) is 10.9 Å². The number of carbonyl (C=O) groups excluding carboxylic acids is 1. The summed E-state index contributed by atoms with van der Waals surface area (Å²) < 4.78 is 38.4. The summed E-state index contributed by atoms with van der Waals surface area (Å²) in [4.78, 5) is 12.5. The van der Waals surface area contributed by atoms with Crippen LogP contribution in [-0.4, -0.2) is 30.7 Å². The van der Waals surface area contributed by atoms with Crippen LogP contribution in [0, 0.1) is 6.92 Å². The number of thiocarbonyl (C=S) groups is 1. The minimum absolute atomic E-state index is 0.00132. The first kappa shape index (κ1) is 24.7. The fraction of sp³-hybridized carbons (Fsp3) is 0.190. The molecule has 0 bridgehead atoms. The van der Waals surface area contributed by atoms with Gasteiger partial charge in [-0.3, -0.25) is 14.8 Å². The molecule has 3 aromatic rings. The van der Waals surface area contributed by atoms with Gasteiger partial charge in [-0.25, -0.2) is 8.42 Å². The number of hydrogen-bond donors (Lipinski definition) is 3. The normalized spacial score (nSPS) is 11.2. The van der Waals surface area contributed by atoms with Crippen molar-refractivity contribution >= 4 is 60.7 Å². The van der Waals surface area contributed by atoms with Crippen molar-refractivity contribution in [3.63, 3.8) is 0 Å². The Hall–Kier alpha value is -2.96. The van der Waals surface area contributed by atoms with E-state index < -0.39 is 15.9 Å². The Morgan fingerprint density at radius 1 is 1.15 bits per heavy atom. The average Bonchev–Trinajstić information content (AvgIpc) is 3.13. The third-order valence-electron chi connectivity index (χ3n) is 4.07. The zero-order chi connectivity index (χ0) is 24.2. The van der Waals surface area contributed by atoms with E-state index in [0.29, 0.717) is 27.2 Å². The van der Waals surface area contributed by atoms with Crippen molar-refractivity contribution in [3.05, 3.63) is 64.3 Å². The number of nitrogens with zero attached hydrogens (tertiary/aromatic N) is 1. The molecule has 1 heterocycles. The molecular formula is C21H21BrN4O5S2. The first-order valence-corrected chi connectivity index (χ1v) is 12.4. The third kappa shape index (κ3) is 6.76. The van der Waals surface area contributed by atoms with E-state index in [4.69, 9.17) is 21.5 Å². The molecule has 0 aliphatic rings. The van der Waals surface area contributed by atoms with Crippen molar-refractivity contribution in [1.29, 1.82) is 0 Å². The quantitative estimate of drug-likeness (QED) is 0.367. The standard InChI is InChI=1S/C21H21BrN4O5S2/c1-12(2)30-18-9-4-14(11-17(18)22)20(27)24-21(32)23-15-5-7-16(8-6-15)33(28,29)26-19-10-13(3)31-25-19/h4-12H,1-3H3,(H,25,26)(H2,23,24,27,32). The van der Waals surface area contributed by atoms with E-state index in [1.54, 1.807) is 25.1 Å². The molecule has 0 saturated heterocycles. The topological polar surface area (TPSA) is 123 Å². The number of nitrogens with one attached hydrogen (secondary N) is 3. The molecule has 174 valence electrons. The highest BCUT2D eigenvalue weighted by Crippen LogP contribution is 2.27. The van der Waals surface area contributed by atoms with Crippen molar-refractivity contribution in [2.24, 2.45) is 0 Å². The number of hydrogen-bond acceptors (Lipinski definition) is 7. The Morgan fingerprint density at radius 3 is 2.42 bits per heavy atom. The molecule has 33 heavy (non-hydrogen) atoms. The lowest BCUT2D eigenvalue weighted by atomic mass is 10.2. The number of aromatic nitrogens is 1. The number of sulfonamides is 1. The lowest BCUT2D eigenvalue weighted by Gasteiger charge is -2.13. The van der Waals surface area contributed by atoms with Crippen molar-refractivity contribution in [2.75, 3.05) is 10.0 Å². The van der Waals surface area contributed by atoms with Crippen LogP contribution in [0.25, 0.3) is 0 Å². The van der Waals surface area contributed by atoms with Gasteiger partial charge in [0.25, 0.3) is 15.9 Å². The summed E-state index contributed by atoms with van der Waals surface area (Å²) in [5.41, 5.74) is 0.885. The Kier molecular flexibility index (Phi) is 7.72. The van der Waals surface area contributed by atoms with E-state index in [1.165, 1.54) is 30.3 Å². The SMILES string of the molecule is Cc1cc(NS(=O)(=O)c2ccc(NC(=S)NC(=O)c3ccc(OC(C)C)c(Br)c3)cc2)no1. The van der Waals surface area contributed by atoms with Gasteiger partial charge in [-0.2, -0.15) is 0 Å². The zero-order valence-electron chi connectivity index (χ0n) is 17.9. The maximum atomic E-state index is 12.5. The average molecular weight is 553 g/mol. The van der Waals surface area contributed by atoms with Gasteiger partial charge >= 0.3 is 0 Å². The highest BCUT2D eigenvalue weighted by atomic mass is 79.9. The van der Waals surface area contributed by atoms with Crippen molar-refractivity contribution in [1.82, 2.24) is 10.5 Å². The molecule has 0 atom stereocenters. The molecule has 2 aromatic carbocycles.